The maximum Gasteiger partial charge on any atom is 0.415 e. The average Bonchev–Trinajstić information content (AvgIpc) is 3.54. The number of hydrogen-bond acceptors (Lipinski definition) is 10. The Hall–Kier alpha value is -4.02. The number of ether oxygens (including phenoxy) is 1. The van der Waals surface area contributed by atoms with E-state index in [1.807, 2.05) is 13.0 Å². The molecule has 1 amide bonds. The Morgan fingerprint density at radius 1 is 1.00 bits per heavy atom. The van der Waals surface area contributed by atoms with E-state index < -0.39 is 26.2 Å². The summed E-state index contributed by atoms with van der Waals surface area (Å²) in [6.07, 6.45) is 9.10. The predicted molar refractivity (Wildman–Crippen MR) is 209 cm³/mol. The molecule has 4 saturated carbocycles. The fraction of sp³-hybridized carbons (Fsp3) is 0.659. The van der Waals surface area contributed by atoms with Gasteiger partial charge in [0.05, 0.1) is 29.1 Å². The fourth-order valence-corrected chi connectivity index (χ4v) is 13.7. The third-order valence-electron chi connectivity index (χ3n) is 16.1. The summed E-state index contributed by atoms with van der Waals surface area (Å²) in [5, 5.41) is 28.6. The minimum Gasteiger partial charge on any atom is -0.441 e. The van der Waals surface area contributed by atoms with E-state index in [1.54, 1.807) is 6.07 Å². The number of carbonyl (C=O) groups is 3. The maximum absolute atomic E-state index is 14.6. The van der Waals surface area contributed by atoms with E-state index in [1.165, 1.54) is 29.8 Å². The molecule has 5 aliphatic carbocycles. The highest BCUT2D eigenvalue weighted by Crippen LogP contribution is 2.75. The number of sulfone groups is 1. The van der Waals surface area contributed by atoms with Crippen LogP contribution in [0, 0.1) is 67.3 Å². The topological polar surface area (TPSA) is 180 Å². The summed E-state index contributed by atoms with van der Waals surface area (Å²) in [6, 6.07) is 7.32. The number of nitrogens with one attached hydrogen (secondary N) is 1. The Morgan fingerprint density at radius 2 is 1.70 bits per heavy atom. The van der Waals surface area contributed by atoms with Crippen LogP contribution in [0.3, 0.4) is 0 Å². The van der Waals surface area contributed by atoms with E-state index >= 15 is 0 Å². The number of allylic oxidation sites excluding steroid dienone is 2. The largest absolute Gasteiger partial charge is 0.441 e. The van der Waals surface area contributed by atoms with Crippen LogP contribution in [-0.4, -0.2) is 55.4 Å². The number of Topliss-reactive ketones (excluding diaryl/α,β-unsaturated/α-hetero) is 1. The summed E-state index contributed by atoms with van der Waals surface area (Å²) in [4.78, 5) is 41.0. The van der Waals surface area contributed by atoms with Gasteiger partial charge in [0.15, 0.2) is 18.2 Å². The van der Waals surface area contributed by atoms with Crippen LogP contribution >= 0.6 is 0 Å². The zero-order valence-corrected chi connectivity index (χ0v) is 35.1. The van der Waals surface area contributed by atoms with Crippen LogP contribution in [-0.2, 0) is 24.2 Å². The normalized spacial score (nSPS) is 36.8. The number of aliphatic hydroxyl groups excluding tert-OH is 1. The SMILES string of the molecule is CC1(C)[C@@H](O)CC[C@]2(C)[C@H]3C(=O)C=C4[C@@H]5C[C@@](C)(C(=O)NCC(=O)CC#CCOc6no[n+]([O-])c6S(=O)(=O)c6ccccc6)CC[C@]5(C)CC[C@@]4(C)[C@]3(C)CC[C@@H]12. The zero-order chi connectivity index (χ0) is 41.4. The fourth-order valence-electron chi connectivity index (χ4n) is 12.4. The minimum absolute atomic E-state index is 0.0352. The molecule has 7 rings (SSSR count). The summed E-state index contributed by atoms with van der Waals surface area (Å²) < 4.78 is 35.7. The lowest BCUT2D eigenvalue weighted by Gasteiger charge is -2.70. The highest BCUT2D eigenvalue weighted by atomic mass is 32.2. The Kier molecular flexibility index (Phi) is 10.2. The Labute approximate surface area is 336 Å². The molecule has 4 fully saturated rings. The minimum atomic E-state index is -4.28. The highest BCUT2D eigenvalue weighted by molar-refractivity contribution is 7.91. The summed E-state index contributed by atoms with van der Waals surface area (Å²) in [7, 11) is -4.28. The molecule has 0 radical (unpaired) electrons. The molecular weight excluding hydrogens is 747 g/mol. The Balaban J connectivity index is 0.998. The molecule has 1 aromatic carbocycles. The number of carbonyl (C=O) groups excluding carboxylic acids is 3. The lowest BCUT2D eigenvalue weighted by molar-refractivity contribution is -0.832. The quantitative estimate of drug-likeness (QED) is 0.240. The second-order valence-corrected chi connectivity index (χ2v) is 21.4. The molecule has 1 aromatic heterocycles. The lowest BCUT2D eigenvalue weighted by atomic mass is 9.33. The van der Waals surface area contributed by atoms with Gasteiger partial charge in [0.1, 0.15) is 0 Å². The molecular formula is C44H57N3O9S. The van der Waals surface area contributed by atoms with E-state index in [0.717, 1.165) is 38.5 Å². The molecule has 1 heterocycles. The standard InChI is InChI=1S/C44H57N3O9S/c1-39(2)33-16-19-44(7)35(42(33,5)18-17-34(39)50)32(49)25-30-31-26-41(4,21-20-40(31,3)22-23-43(30,44)6)38(51)45-27-28(48)13-11-12-24-55-36-37(47(52)56-46-36)57(53,54)29-14-9-8-10-15-29/h8-10,14-15,25,31,33-35,50H,13,16-24,26-27H2,1-7H3,(H,45,51)/t31-,33-,34-,35+,40+,41-,42-,43+,44+/m0/s1. The average molecular weight is 804 g/mol. The van der Waals surface area contributed by atoms with Gasteiger partial charge in [0.2, 0.25) is 5.91 Å². The van der Waals surface area contributed by atoms with Crippen molar-refractivity contribution < 1.29 is 42.2 Å². The van der Waals surface area contributed by atoms with Crippen molar-refractivity contribution in [2.24, 2.45) is 50.2 Å². The molecule has 9 atom stereocenters. The molecule has 13 heteroatoms. The van der Waals surface area contributed by atoms with Crippen molar-refractivity contribution in [3.05, 3.63) is 47.2 Å². The van der Waals surface area contributed by atoms with Crippen molar-refractivity contribution >= 4 is 27.3 Å². The van der Waals surface area contributed by atoms with E-state index in [0.29, 0.717) is 19.3 Å². The van der Waals surface area contributed by atoms with E-state index in [4.69, 9.17) is 4.74 Å². The van der Waals surface area contributed by atoms with Gasteiger partial charge in [-0.1, -0.05) is 84.1 Å². The van der Waals surface area contributed by atoms with Crippen LogP contribution in [0.1, 0.15) is 113 Å². The van der Waals surface area contributed by atoms with Gasteiger partial charge in [0.25, 0.3) is 9.84 Å². The summed E-state index contributed by atoms with van der Waals surface area (Å²) in [6.45, 7) is 15.2. The number of aliphatic hydroxyl groups is 1. The van der Waals surface area contributed by atoms with Crippen molar-refractivity contribution in [1.29, 1.82) is 0 Å². The van der Waals surface area contributed by atoms with Crippen molar-refractivity contribution in [3.8, 4) is 17.7 Å². The number of rotatable bonds is 8. The van der Waals surface area contributed by atoms with Crippen LogP contribution in [0.4, 0.5) is 0 Å². The van der Waals surface area contributed by atoms with E-state index in [2.05, 4.69) is 68.5 Å². The molecule has 308 valence electrons. The number of hydrogen-bond donors (Lipinski definition) is 2. The van der Waals surface area contributed by atoms with E-state index in [-0.39, 0.29) is 97.8 Å². The predicted octanol–water partition coefficient (Wildman–Crippen LogP) is 5.94. The Morgan fingerprint density at radius 3 is 2.42 bits per heavy atom. The molecule has 2 aromatic rings. The first-order valence-electron chi connectivity index (χ1n) is 20.4. The number of amides is 1. The monoisotopic (exact) mass is 803 g/mol. The van der Waals surface area contributed by atoms with Gasteiger partial charge in [0, 0.05) is 11.3 Å². The van der Waals surface area contributed by atoms with Gasteiger partial charge in [-0.3, -0.25) is 19.0 Å². The molecule has 2 N–H and O–H groups in total. The van der Waals surface area contributed by atoms with Gasteiger partial charge in [-0.25, -0.2) is 8.42 Å². The summed E-state index contributed by atoms with van der Waals surface area (Å²) in [5.41, 5.74) is -0.437. The van der Waals surface area contributed by atoms with Crippen molar-refractivity contribution in [2.45, 2.75) is 129 Å². The maximum atomic E-state index is 14.6. The van der Waals surface area contributed by atoms with Crippen molar-refractivity contribution in [3.63, 3.8) is 0 Å². The molecule has 0 spiro atoms. The summed E-state index contributed by atoms with van der Waals surface area (Å²) in [5.74, 6) is 4.69. The molecule has 0 unspecified atom stereocenters. The molecule has 0 aliphatic heterocycles. The second-order valence-electron chi connectivity index (χ2n) is 19.5. The number of fused-ring (bicyclic) bond motifs is 7. The van der Waals surface area contributed by atoms with Gasteiger partial charge in [-0.05, 0) is 120 Å². The number of aromatic nitrogens is 2. The number of benzene rings is 1. The van der Waals surface area contributed by atoms with Crippen molar-refractivity contribution in [1.82, 2.24) is 10.5 Å². The molecule has 5 aliphatic rings. The first-order chi connectivity index (χ1) is 26.6. The Bertz CT molecular complexity index is 2170. The molecule has 12 nitrogen and oxygen atoms in total. The van der Waals surface area contributed by atoms with Crippen LogP contribution < -0.4 is 15.0 Å². The second kappa shape index (κ2) is 14.1. The first kappa shape index (κ1) is 41.2. The van der Waals surface area contributed by atoms with Gasteiger partial charge >= 0.3 is 10.9 Å². The first-order valence-corrected chi connectivity index (χ1v) is 21.8. The van der Waals surface area contributed by atoms with Crippen LogP contribution in [0.2, 0.25) is 0 Å². The van der Waals surface area contributed by atoms with Crippen LogP contribution in [0.5, 0.6) is 5.88 Å². The zero-order valence-electron chi connectivity index (χ0n) is 34.3. The van der Waals surface area contributed by atoms with Crippen LogP contribution in [0.25, 0.3) is 0 Å². The number of ketones is 2. The summed E-state index contributed by atoms with van der Waals surface area (Å²) >= 11 is 0. The van der Waals surface area contributed by atoms with Gasteiger partial charge < -0.3 is 20.4 Å². The third kappa shape index (κ3) is 6.44. The van der Waals surface area contributed by atoms with Gasteiger partial charge in [-0.15, -0.1) is 0 Å². The lowest BCUT2D eigenvalue weighted by Crippen LogP contribution is -2.66. The smallest absolute Gasteiger partial charge is 0.415 e. The molecule has 0 saturated heterocycles. The third-order valence-corrected chi connectivity index (χ3v) is 17.8. The van der Waals surface area contributed by atoms with Crippen LogP contribution in [0.15, 0.2) is 56.5 Å². The molecule has 57 heavy (non-hydrogen) atoms. The molecule has 0 bridgehead atoms. The highest BCUT2D eigenvalue weighted by Gasteiger charge is 2.70. The van der Waals surface area contributed by atoms with Gasteiger partial charge in [-0.2, -0.15) is 0 Å². The van der Waals surface area contributed by atoms with E-state index in [9.17, 15) is 33.1 Å². The number of nitrogens with zero attached hydrogens (tertiary/aromatic N) is 2. The van der Waals surface area contributed by atoms with Crippen molar-refractivity contribution in [2.75, 3.05) is 13.2 Å².